The number of fused-ring (bicyclic) bond motifs is 13. The molecule has 6 aromatic heterocycles. The van der Waals surface area contributed by atoms with Gasteiger partial charge in [0.25, 0.3) is 0 Å². The van der Waals surface area contributed by atoms with Gasteiger partial charge >= 0.3 is 0 Å². The molecule has 1 unspecified atom stereocenters. The SMILES string of the molecule is c1ccc(-c2ccc(-c3nc(-c4ccc(-c5cccc(-c6ccc(-c7nc8nc(n7)C(c7ccccc7)(c7ccc(-c9ccccc9)cc7)c7ccc(cc7)-n7c9ccccc9c9ccc%10c%11ccccc%11n-8c%10c97)cc6)c5)cc4)nc(-n4c5ccccc5c5ccc6c7ccccc7n(-c7ccc(-c8cccc(-c9ccccc9)c8)cc7)c6c54)n3)cc2)cc1. The van der Waals surface area contributed by atoms with Gasteiger partial charge in [-0.25, -0.2) is 9.97 Å². The zero-order valence-electron chi connectivity index (χ0n) is 67.5. The van der Waals surface area contributed by atoms with E-state index >= 15 is 0 Å². The van der Waals surface area contributed by atoms with Crippen LogP contribution < -0.4 is 0 Å². The van der Waals surface area contributed by atoms with Crippen molar-refractivity contribution in [3.8, 4) is 124 Å². The van der Waals surface area contributed by atoms with E-state index in [1.807, 2.05) is 0 Å². The molecule has 0 fully saturated rings. The third-order valence-corrected chi connectivity index (χ3v) is 25.6. The minimum Gasteiger partial charge on any atom is -0.307 e. The van der Waals surface area contributed by atoms with E-state index in [0.717, 1.165) is 182 Å². The van der Waals surface area contributed by atoms with Gasteiger partial charge in [0, 0.05) is 71.2 Å². The highest BCUT2D eigenvalue weighted by Gasteiger charge is 2.43. The van der Waals surface area contributed by atoms with Crippen LogP contribution in [-0.4, -0.2) is 48.2 Å². The molecule has 0 spiro atoms. The first kappa shape index (κ1) is 71.1. The monoisotopic (exact) mass is 1590 g/mol. The highest BCUT2D eigenvalue weighted by Crippen LogP contribution is 2.50. The third kappa shape index (κ3) is 11.5. The molecule has 0 radical (unpaired) electrons. The van der Waals surface area contributed by atoms with Crippen LogP contribution in [0.1, 0.15) is 22.5 Å². The minimum absolute atomic E-state index is 0.509. The smallest absolute Gasteiger partial charge is 0.238 e. The molecule has 10 nitrogen and oxygen atoms in total. The van der Waals surface area contributed by atoms with Gasteiger partial charge in [0.1, 0.15) is 5.41 Å². The van der Waals surface area contributed by atoms with Crippen molar-refractivity contribution in [2.45, 2.75) is 5.41 Å². The number of aromatic nitrogens is 10. The summed E-state index contributed by atoms with van der Waals surface area (Å²) in [5, 5.41) is 8.98. The van der Waals surface area contributed by atoms with Crippen molar-refractivity contribution < 1.29 is 0 Å². The Labute approximate surface area is 719 Å². The molecule has 0 N–H and O–H groups in total. The summed E-state index contributed by atoms with van der Waals surface area (Å²) in [4.78, 5) is 34.0. The van der Waals surface area contributed by atoms with Crippen LogP contribution in [-0.2, 0) is 5.41 Å². The van der Waals surface area contributed by atoms with Crippen LogP contribution in [0.4, 0.5) is 0 Å². The van der Waals surface area contributed by atoms with E-state index in [2.05, 4.69) is 455 Å². The molecular formula is C115H72N10. The fraction of sp³-hybridized carbons (Fsp3) is 0.00870. The molecule has 2 aliphatic rings. The average Bonchev–Trinajstić information content (AvgIpc) is 1.55. The van der Waals surface area contributed by atoms with Crippen molar-refractivity contribution in [2.24, 2.45) is 0 Å². The topological polar surface area (TPSA) is 97.1 Å². The predicted octanol–water partition coefficient (Wildman–Crippen LogP) is 28.1. The summed E-state index contributed by atoms with van der Waals surface area (Å²) in [7, 11) is 0. The number of para-hydroxylation sites is 4. The second kappa shape index (κ2) is 28.7. The molecule has 0 saturated heterocycles. The summed E-state index contributed by atoms with van der Waals surface area (Å²) in [6.45, 7) is 0. The van der Waals surface area contributed by atoms with Crippen molar-refractivity contribution in [3.05, 3.63) is 459 Å². The molecule has 18 aromatic carbocycles. The Bertz CT molecular complexity index is 8390. The molecule has 125 heavy (non-hydrogen) atoms. The molecule has 8 heterocycles. The molecule has 0 saturated carbocycles. The molecule has 582 valence electrons. The molecule has 0 aliphatic carbocycles. The lowest BCUT2D eigenvalue weighted by Gasteiger charge is -2.35. The largest absolute Gasteiger partial charge is 0.307 e. The fourth-order valence-electron chi connectivity index (χ4n) is 19.7. The van der Waals surface area contributed by atoms with Crippen molar-refractivity contribution in [2.75, 3.05) is 0 Å². The van der Waals surface area contributed by atoms with Crippen molar-refractivity contribution in [3.63, 3.8) is 0 Å². The molecule has 4 bridgehead atoms. The molecule has 24 aromatic rings. The Morgan fingerprint density at radius 3 is 0.792 bits per heavy atom. The van der Waals surface area contributed by atoms with Crippen molar-refractivity contribution >= 4 is 87.2 Å². The van der Waals surface area contributed by atoms with Gasteiger partial charge in [0.2, 0.25) is 11.9 Å². The summed E-state index contributed by atoms with van der Waals surface area (Å²) >= 11 is 0. The Hall–Kier alpha value is -16.8. The highest BCUT2D eigenvalue weighted by atomic mass is 15.2. The number of rotatable bonds is 13. The molecule has 10 heteroatoms. The van der Waals surface area contributed by atoms with E-state index in [1.54, 1.807) is 0 Å². The average molecular weight is 1590 g/mol. The van der Waals surface area contributed by atoms with E-state index in [-0.39, 0.29) is 0 Å². The standard InChI is InChI=1S/C115H72N10/c1-5-23-73(24-6-1)76-43-49-81(50-44-76)109-116-110(119-113(118-109)124-103-41-19-15-37-95(103)99-69-67-97-93-35-13-17-39-101(93)122(105(97)107(99)124)91-63-57-80(58-64-91)87-32-21-29-84(71-87)75-27-9-3-10-28-75)82-51-45-78(46-52-82)85-30-22-31-86(72-85)79-47-53-83(54-48-79)111-117-112-115(88-33-11-4-12-34-88,89-59-55-77(56-60-89)74-25-7-2-8-26-74)90-61-65-92(66-62-90)123-102-40-18-14-36-94(102)98-68-70-100-96-38-16-20-42-104(96)125(108(100)106(98)123)114(120-111)121-112/h1-72H. The minimum atomic E-state index is -1.05. The second-order valence-corrected chi connectivity index (χ2v) is 32.5. The second-order valence-electron chi connectivity index (χ2n) is 32.5. The summed E-state index contributed by atoms with van der Waals surface area (Å²) in [6.07, 6.45) is 0. The van der Waals surface area contributed by atoms with Crippen LogP contribution >= 0.6 is 0 Å². The van der Waals surface area contributed by atoms with Gasteiger partial charge < -0.3 is 9.13 Å². The van der Waals surface area contributed by atoms with Gasteiger partial charge in [-0.05, 0) is 144 Å². The Balaban J connectivity index is 0.612. The van der Waals surface area contributed by atoms with Crippen LogP contribution in [0, 0.1) is 0 Å². The quantitative estimate of drug-likeness (QED) is 0.114. The highest BCUT2D eigenvalue weighted by molar-refractivity contribution is 6.25. The van der Waals surface area contributed by atoms with Gasteiger partial charge in [0.05, 0.1) is 44.1 Å². The number of nitrogens with zero attached hydrogens (tertiary/aromatic N) is 10. The number of benzene rings is 18. The summed E-state index contributed by atoms with van der Waals surface area (Å²) in [5.74, 6) is 3.29. The van der Waals surface area contributed by atoms with Crippen LogP contribution in [0.25, 0.3) is 211 Å². The first-order chi connectivity index (χ1) is 61.9. The zero-order chi connectivity index (χ0) is 82.2. The predicted molar refractivity (Wildman–Crippen MR) is 511 cm³/mol. The lowest BCUT2D eigenvalue weighted by molar-refractivity contribution is 0.667. The first-order valence-corrected chi connectivity index (χ1v) is 42.5. The van der Waals surface area contributed by atoms with E-state index in [0.29, 0.717) is 35.2 Å². The van der Waals surface area contributed by atoms with Crippen molar-refractivity contribution in [1.29, 1.82) is 0 Å². The van der Waals surface area contributed by atoms with Gasteiger partial charge in [-0.2, -0.15) is 19.9 Å². The third-order valence-electron chi connectivity index (χ3n) is 25.6. The maximum Gasteiger partial charge on any atom is 0.238 e. The lowest BCUT2D eigenvalue weighted by atomic mass is 9.68. The van der Waals surface area contributed by atoms with E-state index in [1.165, 1.54) is 16.5 Å². The van der Waals surface area contributed by atoms with Crippen molar-refractivity contribution in [1.82, 2.24) is 48.2 Å². The van der Waals surface area contributed by atoms with E-state index in [9.17, 15) is 0 Å². The molecule has 26 rings (SSSR count). The van der Waals surface area contributed by atoms with Gasteiger partial charge in [-0.3, -0.25) is 9.13 Å². The molecule has 0 amide bonds. The Morgan fingerprint density at radius 2 is 0.408 bits per heavy atom. The van der Waals surface area contributed by atoms with Crippen LogP contribution in [0.5, 0.6) is 0 Å². The maximum atomic E-state index is 5.91. The number of hydrogen-bond acceptors (Lipinski definition) is 6. The van der Waals surface area contributed by atoms with Crippen LogP contribution in [0.3, 0.4) is 0 Å². The zero-order valence-corrected chi connectivity index (χ0v) is 67.5. The molecular weight excluding hydrogens is 1520 g/mol. The van der Waals surface area contributed by atoms with Gasteiger partial charge in [-0.1, -0.05) is 376 Å². The van der Waals surface area contributed by atoms with E-state index < -0.39 is 5.41 Å². The first-order valence-electron chi connectivity index (χ1n) is 42.5. The fourth-order valence-corrected chi connectivity index (χ4v) is 19.7. The lowest BCUT2D eigenvalue weighted by Crippen LogP contribution is -2.34. The Morgan fingerprint density at radius 1 is 0.160 bits per heavy atom. The summed E-state index contributed by atoms with van der Waals surface area (Å²) in [5.41, 5.74) is 28.4. The normalized spacial score (nSPS) is 13.2. The number of hydrogen-bond donors (Lipinski definition) is 0. The maximum absolute atomic E-state index is 5.91. The molecule has 2 aliphatic heterocycles. The summed E-state index contributed by atoms with van der Waals surface area (Å²) in [6, 6.07) is 157. The Kier molecular flexibility index (Phi) is 16.3. The molecule has 1 atom stereocenters. The van der Waals surface area contributed by atoms with Crippen LogP contribution in [0.15, 0.2) is 437 Å². The van der Waals surface area contributed by atoms with Gasteiger partial charge in [0.15, 0.2) is 23.3 Å². The van der Waals surface area contributed by atoms with E-state index in [4.69, 9.17) is 29.9 Å². The summed E-state index contributed by atoms with van der Waals surface area (Å²) < 4.78 is 9.44. The van der Waals surface area contributed by atoms with Gasteiger partial charge in [-0.15, -0.1) is 0 Å². The van der Waals surface area contributed by atoms with Crippen LogP contribution in [0.2, 0.25) is 0 Å².